The molecule has 1 aromatic carbocycles. The van der Waals surface area contributed by atoms with Crippen molar-refractivity contribution in [2.24, 2.45) is 5.84 Å². The lowest BCUT2D eigenvalue weighted by molar-refractivity contribution is 0.427. The van der Waals surface area contributed by atoms with Crippen molar-refractivity contribution in [1.82, 2.24) is 4.98 Å². The van der Waals surface area contributed by atoms with Crippen molar-refractivity contribution in [2.45, 2.75) is 0 Å². The van der Waals surface area contributed by atoms with E-state index >= 15 is 0 Å². The molecule has 0 atom stereocenters. The first kappa shape index (κ1) is 10.4. The molecule has 4 nitrogen and oxygen atoms in total. The SMILES string of the molecule is NNc1ccc(Oc2ccccc2F)nc1. The van der Waals surface area contributed by atoms with Crippen LogP contribution in [0.25, 0.3) is 0 Å². The average molecular weight is 219 g/mol. The van der Waals surface area contributed by atoms with Crippen molar-refractivity contribution >= 4 is 5.69 Å². The Morgan fingerprint density at radius 3 is 2.62 bits per heavy atom. The third-order valence-electron chi connectivity index (χ3n) is 1.95. The Kier molecular flexibility index (Phi) is 2.98. The van der Waals surface area contributed by atoms with Gasteiger partial charge in [0, 0.05) is 6.07 Å². The zero-order valence-corrected chi connectivity index (χ0v) is 8.35. The number of hydrogen-bond acceptors (Lipinski definition) is 4. The number of nitrogens with two attached hydrogens (primary N) is 1. The Bertz CT molecular complexity index is 473. The second-order valence-corrected chi connectivity index (χ2v) is 3.06. The minimum absolute atomic E-state index is 0.142. The first-order chi connectivity index (χ1) is 7.79. The number of nitrogens with one attached hydrogen (secondary N) is 1. The second-order valence-electron chi connectivity index (χ2n) is 3.06. The number of hydrogen-bond donors (Lipinski definition) is 2. The van der Waals surface area contributed by atoms with Crippen molar-refractivity contribution in [3.8, 4) is 11.6 Å². The van der Waals surface area contributed by atoms with Crippen LogP contribution in [0.4, 0.5) is 10.1 Å². The van der Waals surface area contributed by atoms with E-state index in [1.54, 1.807) is 24.3 Å². The summed E-state index contributed by atoms with van der Waals surface area (Å²) in [6.07, 6.45) is 1.50. The van der Waals surface area contributed by atoms with E-state index < -0.39 is 5.82 Å². The molecule has 3 N–H and O–H groups in total. The molecule has 0 fully saturated rings. The molecular weight excluding hydrogens is 209 g/mol. The number of nitrogen functional groups attached to an aromatic ring is 1. The summed E-state index contributed by atoms with van der Waals surface area (Å²) in [7, 11) is 0. The van der Waals surface area contributed by atoms with Crippen molar-refractivity contribution in [2.75, 3.05) is 5.43 Å². The van der Waals surface area contributed by atoms with Gasteiger partial charge in [-0.3, -0.25) is 5.84 Å². The molecule has 0 unspecified atom stereocenters. The van der Waals surface area contributed by atoms with Crippen LogP contribution in [0, 0.1) is 5.82 Å². The number of aromatic nitrogens is 1. The minimum Gasteiger partial charge on any atom is -0.436 e. The smallest absolute Gasteiger partial charge is 0.219 e. The van der Waals surface area contributed by atoms with Crippen LogP contribution in [0.5, 0.6) is 11.6 Å². The monoisotopic (exact) mass is 219 g/mol. The fourth-order valence-electron chi connectivity index (χ4n) is 1.17. The minimum atomic E-state index is -0.426. The predicted octanol–water partition coefficient (Wildman–Crippen LogP) is 2.30. The number of nitrogens with zero attached hydrogens (tertiary/aromatic N) is 1. The Hall–Kier alpha value is -2.14. The van der Waals surface area contributed by atoms with Gasteiger partial charge in [0.2, 0.25) is 5.88 Å². The molecule has 0 saturated carbocycles. The van der Waals surface area contributed by atoms with Gasteiger partial charge in [0.1, 0.15) is 0 Å². The van der Waals surface area contributed by atoms with Gasteiger partial charge >= 0.3 is 0 Å². The predicted molar refractivity (Wildman–Crippen MR) is 58.5 cm³/mol. The van der Waals surface area contributed by atoms with E-state index in [9.17, 15) is 4.39 Å². The fourth-order valence-corrected chi connectivity index (χ4v) is 1.17. The number of ether oxygens (including phenoxy) is 1. The van der Waals surface area contributed by atoms with Gasteiger partial charge in [-0.15, -0.1) is 0 Å². The van der Waals surface area contributed by atoms with E-state index in [4.69, 9.17) is 10.6 Å². The van der Waals surface area contributed by atoms with E-state index in [1.165, 1.54) is 18.3 Å². The van der Waals surface area contributed by atoms with E-state index in [0.717, 1.165) is 0 Å². The molecule has 0 radical (unpaired) electrons. The standard InChI is InChI=1S/C11H10FN3O/c12-9-3-1-2-4-10(9)16-11-6-5-8(15-13)7-14-11/h1-7,15H,13H2. The van der Waals surface area contributed by atoms with E-state index in [-0.39, 0.29) is 5.75 Å². The van der Waals surface area contributed by atoms with Crippen molar-refractivity contribution in [3.63, 3.8) is 0 Å². The average Bonchev–Trinajstić information content (AvgIpc) is 2.33. The number of rotatable bonds is 3. The molecule has 2 aromatic rings. The number of halogens is 1. The fraction of sp³-hybridized carbons (Fsp3) is 0. The summed E-state index contributed by atoms with van der Waals surface area (Å²) in [6, 6.07) is 9.42. The molecule has 0 aliphatic heterocycles. The summed E-state index contributed by atoms with van der Waals surface area (Å²) in [5.41, 5.74) is 3.09. The number of pyridine rings is 1. The van der Waals surface area contributed by atoms with Gasteiger partial charge in [-0.25, -0.2) is 9.37 Å². The normalized spacial score (nSPS) is 9.88. The maximum Gasteiger partial charge on any atom is 0.219 e. The molecule has 16 heavy (non-hydrogen) atoms. The number of para-hydroxylation sites is 1. The van der Waals surface area contributed by atoms with Crippen LogP contribution in [0.3, 0.4) is 0 Å². The first-order valence-corrected chi connectivity index (χ1v) is 4.64. The third-order valence-corrected chi connectivity index (χ3v) is 1.95. The van der Waals surface area contributed by atoms with E-state index in [2.05, 4.69) is 10.4 Å². The number of hydrazine groups is 1. The van der Waals surface area contributed by atoms with Gasteiger partial charge in [-0.05, 0) is 18.2 Å². The van der Waals surface area contributed by atoms with Crippen molar-refractivity contribution in [3.05, 3.63) is 48.4 Å². The highest BCUT2D eigenvalue weighted by atomic mass is 19.1. The summed E-state index contributed by atoms with van der Waals surface area (Å²) in [5, 5.41) is 0. The molecule has 0 saturated heterocycles. The zero-order chi connectivity index (χ0) is 11.4. The molecule has 0 aliphatic rings. The molecule has 1 aromatic heterocycles. The Balaban J connectivity index is 2.18. The Morgan fingerprint density at radius 2 is 2.00 bits per heavy atom. The van der Waals surface area contributed by atoms with Crippen LogP contribution in [-0.4, -0.2) is 4.98 Å². The highest BCUT2D eigenvalue weighted by Crippen LogP contribution is 2.22. The van der Waals surface area contributed by atoms with Gasteiger partial charge in [0.15, 0.2) is 11.6 Å². The summed E-state index contributed by atoms with van der Waals surface area (Å²) in [4.78, 5) is 3.95. The van der Waals surface area contributed by atoms with Gasteiger partial charge in [0.05, 0.1) is 11.9 Å². The molecule has 5 heteroatoms. The Labute approximate surface area is 91.8 Å². The van der Waals surface area contributed by atoms with Crippen LogP contribution >= 0.6 is 0 Å². The first-order valence-electron chi connectivity index (χ1n) is 4.64. The summed E-state index contributed by atoms with van der Waals surface area (Å²) in [5.74, 6) is 5.21. The van der Waals surface area contributed by atoms with Gasteiger partial charge < -0.3 is 10.2 Å². The summed E-state index contributed by atoms with van der Waals surface area (Å²) < 4.78 is 18.5. The molecule has 0 bridgehead atoms. The second kappa shape index (κ2) is 4.59. The lowest BCUT2D eigenvalue weighted by Gasteiger charge is -2.05. The lowest BCUT2D eigenvalue weighted by atomic mass is 10.3. The van der Waals surface area contributed by atoms with Crippen molar-refractivity contribution < 1.29 is 9.13 Å². The maximum absolute atomic E-state index is 13.2. The molecule has 0 aliphatic carbocycles. The number of benzene rings is 1. The van der Waals surface area contributed by atoms with Gasteiger partial charge in [0.25, 0.3) is 0 Å². The van der Waals surface area contributed by atoms with Crippen LogP contribution in [0.15, 0.2) is 42.6 Å². The number of anilines is 1. The van der Waals surface area contributed by atoms with Crippen LogP contribution in [0.2, 0.25) is 0 Å². The highest BCUT2D eigenvalue weighted by Gasteiger charge is 2.03. The molecule has 0 amide bonds. The largest absolute Gasteiger partial charge is 0.436 e. The molecular formula is C11H10FN3O. The van der Waals surface area contributed by atoms with Crippen molar-refractivity contribution in [1.29, 1.82) is 0 Å². The lowest BCUT2D eigenvalue weighted by Crippen LogP contribution is -2.06. The maximum atomic E-state index is 13.2. The topological polar surface area (TPSA) is 60.2 Å². The van der Waals surface area contributed by atoms with Crippen LogP contribution in [0.1, 0.15) is 0 Å². The molecule has 82 valence electrons. The molecule has 2 rings (SSSR count). The molecule has 1 heterocycles. The van der Waals surface area contributed by atoms with Gasteiger partial charge in [-0.2, -0.15) is 0 Å². The highest BCUT2D eigenvalue weighted by molar-refractivity contribution is 5.41. The zero-order valence-electron chi connectivity index (χ0n) is 8.35. The summed E-state index contributed by atoms with van der Waals surface area (Å²) in [6.45, 7) is 0. The molecule has 0 spiro atoms. The van der Waals surface area contributed by atoms with E-state index in [1.807, 2.05) is 0 Å². The third kappa shape index (κ3) is 2.26. The Morgan fingerprint density at radius 1 is 1.19 bits per heavy atom. The quantitative estimate of drug-likeness (QED) is 0.614. The summed E-state index contributed by atoms with van der Waals surface area (Å²) >= 11 is 0. The van der Waals surface area contributed by atoms with E-state index in [0.29, 0.717) is 11.6 Å². The van der Waals surface area contributed by atoms with Gasteiger partial charge in [-0.1, -0.05) is 12.1 Å². The van der Waals surface area contributed by atoms with Crippen LogP contribution in [-0.2, 0) is 0 Å². The van der Waals surface area contributed by atoms with Crippen LogP contribution < -0.4 is 16.0 Å².